The minimum absolute atomic E-state index is 0.119. The van der Waals surface area contributed by atoms with Crippen LogP contribution in [0.3, 0.4) is 0 Å². The number of dihydropyridines is 1. The quantitative estimate of drug-likeness (QED) is 0.218. The SMILES string of the molecule is CCOC(=O)C1=C(COCCn2c(C)nc3ccccc32)NC2=C(C(=O)c3ccccc32)C1c1ccccc1Cl. The fourth-order valence-corrected chi connectivity index (χ4v) is 5.89. The Hall–Kier alpha value is -4.20. The van der Waals surface area contributed by atoms with Crippen molar-refractivity contribution in [3.8, 4) is 0 Å². The molecule has 1 aromatic heterocycles. The summed E-state index contributed by atoms with van der Waals surface area (Å²) in [6.45, 7) is 5.03. The van der Waals surface area contributed by atoms with Gasteiger partial charge in [-0.1, -0.05) is 66.2 Å². The molecule has 1 aliphatic carbocycles. The molecule has 1 atom stereocenters. The third-order valence-electron chi connectivity index (χ3n) is 7.40. The number of nitrogens with zero attached hydrogens (tertiary/aromatic N) is 2. The fraction of sp³-hybridized carbons (Fsp3) is 0.219. The molecule has 0 bridgehead atoms. The molecule has 2 aliphatic rings. The van der Waals surface area contributed by atoms with E-state index < -0.39 is 11.9 Å². The van der Waals surface area contributed by atoms with E-state index in [4.69, 9.17) is 21.1 Å². The van der Waals surface area contributed by atoms with Gasteiger partial charge in [0.05, 0.1) is 53.7 Å². The number of Topliss-reactive ketones (excluding diaryl/α,β-unsaturated/α-hetero) is 1. The molecule has 0 saturated heterocycles. The number of aryl methyl sites for hydroxylation is 1. The number of aromatic nitrogens is 2. The Balaban J connectivity index is 1.37. The maximum atomic E-state index is 13.7. The average molecular weight is 554 g/mol. The first-order chi connectivity index (χ1) is 19.5. The van der Waals surface area contributed by atoms with Gasteiger partial charge in [0.1, 0.15) is 5.82 Å². The number of rotatable bonds is 8. The van der Waals surface area contributed by atoms with E-state index in [2.05, 4.69) is 14.9 Å². The van der Waals surface area contributed by atoms with E-state index in [1.165, 1.54) is 0 Å². The van der Waals surface area contributed by atoms with Crippen LogP contribution < -0.4 is 5.32 Å². The lowest BCUT2D eigenvalue weighted by Gasteiger charge is -2.31. The summed E-state index contributed by atoms with van der Waals surface area (Å²) in [6.07, 6.45) is 0. The van der Waals surface area contributed by atoms with E-state index in [1.54, 1.807) is 19.1 Å². The third-order valence-corrected chi connectivity index (χ3v) is 7.74. The second kappa shape index (κ2) is 10.8. The van der Waals surface area contributed by atoms with Crippen molar-refractivity contribution in [3.05, 3.63) is 117 Å². The molecular weight excluding hydrogens is 526 g/mol. The molecule has 0 fully saturated rings. The zero-order valence-corrected chi connectivity index (χ0v) is 23.0. The summed E-state index contributed by atoms with van der Waals surface area (Å²) in [7, 11) is 0. The number of ketones is 1. The van der Waals surface area contributed by atoms with Gasteiger partial charge in [0, 0.05) is 28.3 Å². The molecule has 0 spiro atoms. The molecule has 0 radical (unpaired) electrons. The maximum absolute atomic E-state index is 13.7. The van der Waals surface area contributed by atoms with Gasteiger partial charge in [-0.2, -0.15) is 0 Å². The monoisotopic (exact) mass is 553 g/mol. The Morgan fingerprint density at radius 2 is 1.75 bits per heavy atom. The van der Waals surface area contributed by atoms with Gasteiger partial charge in [-0.05, 0) is 37.6 Å². The molecule has 2 heterocycles. The zero-order chi connectivity index (χ0) is 27.8. The number of nitrogens with one attached hydrogen (secondary N) is 1. The lowest BCUT2D eigenvalue weighted by molar-refractivity contribution is -0.138. The van der Waals surface area contributed by atoms with Crippen molar-refractivity contribution in [2.24, 2.45) is 0 Å². The lowest BCUT2D eigenvalue weighted by Crippen LogP contribution is -2.32. The number of fused-ring (bicyclic) bond motifs is 3. The molecule has 1 unspecified atom stereocenters. The average Bonchev–Trinajstić information content (AvgIpc) is 3.43. The standard InChI is InChI=1S/C32H28ClN3O4/c1-3-40-32(38)28-25(18-39-17-16-36-19(2)34-24-14-8-9-15-26(24)36)35-30-20-10-4-5-11-21(20)31(37)29(30)27(28)22-12-6-7-13-23(22)33/h4-15,27,35H,3,16-18H2,1-2H3. The highest BCUT2D eigenvalue weighted by atomic mass is 35.5. The van der Waals surface area contributed by atoms with Crippen LogP contribution >= 0.6 is 11.6 Å². The topological polar surface area (TPSA) is 82.4 Å². The van der Waals surface area contributed by atoms with Crippen LogP contribution in [0.5, 0.6) is 0 Å². The molecule has 6 rings (SSSR count). The van der Waals surface area contributed by atoms with Crippen LogP contribution in [0.2, 0.25) is 5.02 Å². The Labute approximate surface area is 237 Å². The number of carbonyl (C=O) groups is 2. The molecule has 4 aromatic rings. The molecule has 3 aromatic carbocycles. The summed E-state index contributed by atoms with van der Waals surface area (Å²) in [6, 6.07) is 22.7. The van der Waals surface area contributed by atoms with Crippen molar-refractivity contribution in [2.45, 2.75) is 26.3 Å². The van der Waals surface area contributed by atoms with Crippen LogP contribution in [0.25, 0.3) is 16.7 Å². The van der Waals surface area contributed by atoms with Crippen LogP contribution in [0.15, 0.2) is 89.6 Å². The van der Waals surface area contributed by atoms with Gasteiger partial charge in [-0.25, -0.2) is 9.78 Å². The van der Waals surface area contributed by atoms with E-state index in [9.17, 15) is 9.59 Å². The van der Waals surface area contributed by atoms with Crippen molar-refractivity contribution in [3.63, 3.8) is 0 Å². The van der Waals surface area contributed by atoms with Crippen molar-refractivity contribution in [1.82, 2.24) is 14.9 Å². The Morgan fingerprint density at radius 3 is 2.55 bits per heavy atom. The predicted octanol–water partition coefficient (Wildman–Crippen LogP) is 5.83. The number of allylic oxidation sites excluding steroid dienone is 1. The smallest absolute Gasteiger partial charge is 0.336 e. The molecule has 7 nitrogen and oxygen atoms in total. The Kier molecular flexibility index (Phi) is 7.00. The van der Waals surface area contributed by atoms with E-state index in [0.29, 0.717) is 51.8 Å². The minimum atomic E-state index is -0.706. The summed E-state index contributed by atoms with van der Waals surface area (Å²) in [4.78, 5) is 31.9. The number of hydrogen-bond acceptors (Lipinski definition) is 6. The van der Waals surface area contributed by atoms with Crippen LogP contribution in [0, 0.1) is 6.92 Å². The number of ether oxygens (including phenoxy) is 2. The van der Waals surface area contributed by atoms with Gasteiger partial charge in [-0.15, -0.1) is 0 Å². The fourth-order valence-electron chi connectivity index (χ4n) is 5.64. The summed E-state index contributed by atoms with van der Waals surface area (Å²) < 4.78 is 13.8. The number of benzene rings is 3. The first-order valence-corrected chi connectivity index (χ1v) is 13.7. The summed E-state index contributed by atoms with van der Waals surface area (Å²) in [5.74, 6) is -0.443. The maximum Gasteiger partial charge on any atom is 0.336 e. The second-order valence-electron chi connectivity index (χ2n) is 9.71. The third kappa shape index (κ3) is 4.41. The number of imidazole rings is 1. The number of carbonyl (C=O) groups excluding carboxylic acids is 2. The van der Waals surface area contributed by atoms with Crippen molar-refractivity contribution in [1.29, 1.82) is 0 Å². The van der Waals surface area contributed by atoms with Gasteiger partial charge in [0.2, 0.25) is 0 Å². The lowest BCUT2D eigenvalue weighted by atomic mass is 9.79. The van der Waals surface area contributed by atoms with E-state index >= 15 is 0 Å². The van der Waals surface area contributed by atoms with Crippen LogP contribution in [-0.4, -0.2) is 41.1 Å². The number of hydrogen-bond donors (Lipinski definition) is 1. The molecule has 0 amide bonds. The predicted molar refractivity (Wildman–Crippen MR) is 154 cm³/mol. The molecule has 1 N–H and O–H groups in total. The first kappa shape index (κ1) is 26.0. The van der Waals surface area contributed by atoms with Crippen LogP contribution in [0.4, 0.5) is 0 Å². The summed E-state index contributed by atoms with van der Waals surface area (Å²) in [5, 5.41) is 3.86. The minimum Gasteiger partial charge on any atom is -0.463 e. The normalized spacial score (nSPS) is 16.3. The highest BCUT2D eigenvalue weighted by Gasteiger charge is 2.44. The molecule has 1 aliphatic heterocycles. The molecule has 0 saturated carbocycles. The van der Waals surface area contributed by atoms with Crippen LogP contribution in [0.1, 0.15) is 40.2 Å². The van der Waals surface area contributed by atoms with Crippen molar-refractivity contribution in [2.75, 3.05) is 19.8 Å². The second-order valence-corrected chi connectivity index (χ2v) is 10.1. The highest BCUT2D eigenvalue weighted by molar-refractivity contribution is 6.32. The van der Waals surface area contributed by atoms with Gasteiger partial charge < -0.3 is 19.4 Å². The van der Waals surface area contributed by atoms with Gasteiger partial charge in [0.25, 0.3) is 0 Å². The largest absolute Gasteiger partial charge is 0.463 e. The first-order valence-electron chi connectivity index (χ1n) is 13.3. The molecule has 8 heteroatoms. The van der Waals surface area contributed by atoms with E-state index in [1.807, 2.05) is 67.6 Å². The Morgan fingerprint density at radius 1 is 1.02 bits per heavy atom. The molecule has 202 valence electrons. The highest BCUT2D eigenvalue weighted by Crippen LogP contribution is 2.48. The summed E-state index contributed by atoms with van der Waals surface area (Å²) >= 11 is 6.68. The van der Waals surface area contributed by atoms with E-state index in [0.717, 1.165) is 22.4 Å². The Bertz CT molecular complexity index is 1720. The molecule has 40 heavy (non-hydrogen) atoms. The van der Waals surface area contributed by atoms with Crippen LogP contribution in [-0.2, 0) is 20.8 Å². The zero-order valence-electron chi connectivity index (χ0n) is 22.2. The van der Waals surface area contributed by atoms with Gasteiger partial charge in [0.15, 0.2) is 5.78 Å². The van der Waals surface area contributed by atoms with Gasteiger partial charge in [-0.3, -0.25) is 4.79 Å². The number of esters is 1. The van der Waals surface area contributed by atoms with Crippen molar-refractivity contribution < 1.29 is 19.1 Å². The van der Waals surface area contributed by atoms with E-state index in [-0.39, 0.29) is 19.0 Å². The number of halogens is 1. The number of para-hydroxylation sites is 2. The molecular formula is C32H28ClN3O4. The summed E-state index contributed by atoms with van der Waals surface area (Å²) in [5.41, 5.74) is 6.08. The van der Waals surface area contributed by atoms with Gasteiger partial charge >= 0.3 is 5.97 Å². The van der Waals surface area contributed by atoms with Crippen molar-refractivity contribution >= 4 is 40.1 Å².